The topological polar surface area (TPSA) is 0 Å². The summed E-state index contributed by atoms with van der Waals surface area (Å²) in [6.07, 6.45) is 12.4. The van der Waals surface area contributed by atoms with E-state index in [2.05, 4.69) is 84.0 Å². The molecule has 29 heavy (non-hydrogen) atoms. The van der Waals surface area contributed by atoms with Crippen LogP contribution in [0.25, 0.3) is 11.1 Å². The Morgan fingerprint density at radius 3 is 2.24 bits per heavy atom. The normalized spacial score (nSPS) is 18.2. The predicted octanol–water partition coefficient (Wildman–Crippen LogP) is 8.14. The van der Waals surface area contributed by atoms with Gasteiger partial charge in [-0.3, -0.25) is 0 Å². The zero-order valence-electron chi connectivity index (χ0n) is 19.4. The standard InChI is InChI=1S/C29H38/c1-28(2,3)23-15-14-22-17-25-21(13-9-12-20-10-7-8-11-20)16-24(29(4,5)6)19-27(25)26(22)18-23/h7,10,14-16,18-20H,8-9,11-13,17H2,1-6H3. The fraction of sp³-hybridized carbons (Fsp3) is 0.517. The van der Waals surface area contributed by atoms with Crippen LogP contribution in [0.4, 0.5) is 0 Å². The molecular formula is C29H38. The van der Waals surface area contributed by atoms with Crippen molar-refractivity contribution in [3.8, 4) is 11.1 Å². The molecule has 0 nitrogen and oxygen atoms in total. The minimum absolute atomic E-state index is 0.183. The van der Waals surface area contributed by atoms with Crippen molar-refractivity contribution in [3.05, 3.63) is 70.3 Å². The average molecular weight is 387 g/mol. The van der Waals surface area contributed by atoms with E-state index in [9.17, 15) is 0 Å². The maximum Gasteiger partial charge on any atom is -0.00107 e. The highest BCUT2D eigenvalue weighted by Gasteiger charge is 2.26. The summed E-state index contributed by atoms with van der Waals surface area (Å²) in [5.74, 6) is 0.820. The van der Waals surface area contributed by atoms with Gasteiger partial charge in [-0.1, -0.05) is 84.0 Å². The van der Waals surface area contributed by atoms with E-state index in [1.807, 2.05) is 0 Å². The van der Waals surface area contributed by atoms with Crippen molar-refractivity contribution in [2.75, 3.05) is 0 Å². The van der Waals surface area contributed by atoms with Gasteiger partial charge in [-0.25, -0.2) is 0 Å². The average Bonchev–Trinajstić information content (AvgIpc) is 3.27. The Labute approximate surface area is 178 Å². The van der Waals surface area contributed by atoms with Gasteiger partial charge in [0.25, 0.3) is 0 Å². The summed E-state index contributed by atoms with van der Waals surface area (Å²) in [6.45, 7) is 14.0. The van der Waals surface area contributed by atoms with Crippen LogP contribution in [-0.2, 0) is 23.7 Å². The smallest absolute Gasteiger partial charge is 0.00107 e. The van der Waals surface area contributed by atoms with Gasteiger partial charge in [-0.2, -0.15) is 0 Å². The number of hydrogen-bond donors (Lipinski definition) is 0. The summed E-state index contributed by atoms with van der Waals surface area (Å²) in [6, 6.07) is 12.2. The van der Waals surface area contributed by atoms with E-state index in [1.54, 1.807) is 11.1 Å². The van der Waals surface area contributed by atoms with Crippen LogP contribution in [0.15, 0.2) is 42.5 Å². The molecule has 2 aromatic rings. The lowest BCUT2D eigenvalue weighted by atomic mass is 9.81. The summed E-state index contributed by atoms with van der Waals surface area (Å²) < 4.78 is 0. The molecule has 154 valence electrons. The van der Waals surface area contributed by atoms with Gasteiger partial charge in [0, 0.05) is 0 Å². The predicted molar refractivity (Wildman–Crippen MR) is 127 cm³/mol. The maximum absolute atomic E-state index is 2.53. The molecule has 0 fully saturated rings. The van der Waals surface area contributed by atoms with Crippen LogP contribution in [0.5, 0.6) is 0 Å². The Morgan fingerprint density at radius 2 is 1.59 bits per heavy atom. The summed E-state index contributed by atoms with van der Waals surface area (Å²) >= 11 is 0. The first kappa shape index (κ1) is 20.5. The zero-order valence-corrected chi connectivity index (χ0v) is 19.4. The lowest BCUT2D eigenvalue weighted by molar-refractivity contribution is 0.549. The van der Waals surface area contributed by atoms with E-state index in [-0.39, 0.29) is 10.8 Å². The van der Waals surface area contributed by atoms with Crippen LogP contribution >= 0.6 is 0 Å². The second-order valence-electron chi connectivity index (χ2n) is 11.4. The third-order valence-corrected chi connectivity index (χ3v) is 6.98. The Morgan fingerprint density at radius 1 is 0.862 bits per heavy atom. The van der Waals surface area contributed by atoms with Crippen molar-refractivity contribution >= 4 is 0 Å². The molecule has 0 spiro atoms. The van der Waals surface area contributed by atoms with Crippen LogP contribution in [0, 0.1) is 5.92 Å². The summed E-state index contributed by atoms with van der Waals surface area (Å²) in [4.78, 5) is 0. The van der Waals surface area contributed by atoms with Crippen molar-refractivity contribution in [2.24, 2.45) is 5.92 Å². The van der Waals surface area contributed by atoms with Gasteiger partial charge < -0.3 is 0 Å². The fourth-order valence-electron chi connectivity index (χ4n) is 4.97. The number of fused-ring (bicyclic) bond motifs is 3. The second kappa shape index (κ2) is 7.46. The fourth-order valence-corrected chi connectivity index (χ4v) is 4.97. The zero-order chi connectivity index (χ0) is 20.8. The van der Waals surface area contributed by atoms with Gasteiger partial charge in [0.15, 0.2) is 0 Å². The van der Waals surface area contributed by atoms with Gasteiger partial charge in [-0.15, -0.1) is 0 Å². The Bertz CT molecular complexity index is 928. The molecule has 0 heteroatoms. The molecule has 0 aromatic heterocycles. The van der Waals surface area contributed by atoms with Crippen molar-refractivity contribution < 1.29 is 0 Å². The first-order valence-corrected chi connectivity index (χ1v) is 11.6. The van der Waals surface area contributed by atoms with Crippen molar-refractivity contribution in [1.82, 2.24) is 0 Å². The largest absolute Gasteiger partial charge is 0.0882 e. The number of aryl methyl sites for hydroxylation is 1. The maximum atomic E-state index is 2.53. The van der Waals surface area contributed by atoms with E-state index in [1.165, 1.54) is 59.9 Å². The summed E-state index contributed by atoms with van der Waals surface area (Å²) in [5, 5.41) is 0. The lowest BCUT2D eigenvalue weighted by Crippen LogP contribution is -2.13. The molecule has 0 aliphatic heterocycles. The molecular weight excluding hydrogens is 348 g/mol. The molecule has 0 saturated heterocycles. The number of rotatable bonds is 4. The molecule has 0 bridgehead atoms. The molecule has 2 aromatic carbocycles. The van der Waals surface area contributed by atoms with Gasteiger partial charge >= 0.3 is 0 Å². The first-order valence-electron chi connectivity index (χ1n) is 11.6. The third kappa shape index (κ3) is 4.23. The molecule has 0 heterocycles. The Kier molecular flexibility index (Phi) is 5.26. The van der Waals surface area contributed by atoms with E-state index in [0.717, 1.165) is 12.3 Å². The van der Waals surface area contributed by atoms with Gasteiger partial charge in [0.05, 0.1) is 0 Å². The highest BCUT2D eigenvalue weighted by Crippen LogP contribution is 2.43. The Balaban J connectivity index is 1.70. The molecule has 0 saturated carbocycles. The first-order chi connectivity index (χ1) is 13.6. The molecule has 1 unspecified atom stereocenters. The van der Waals surface area contributed by atoms with E-state index >= 15 is 0 Å². The third-order valence-electron chi connectivity index (χ3n) is 6.98. The lowest BCUT2D eigenvalue weighted by Gasteiger charge is -2.23. The molecule has 0 radical (unpaired) electrons. The summed E-state index contributed by atoms with van der Waals surface area (Å²) in [5.41, 5.74) is 11.0. The number of hydrogen-bond acceptors (Lipinski definition) is 0. The van der Waals surface area contributed by atoms with Crippen LogP contribution < -0.4 is 0 Å². The minimum atomic E-state index is 0.183. The molecule has 1 atom stereocenters. The highest BCUT2D eigenvalue weighted by atomic mass is 14.3. The van der Waals surface area contributed by atoms with Gasteiger partial charge in [0.2, 0.25) is 0 Å². The molecule has 2 aliphatic rings. The van der Waals surface area contributed by atoms with Crippen molar-refractivity contribution in [3.63, 3.8) is 0 Å². The molecule has 2 aliphatic carbocycles. The Hall–Kier alpha value is -1.82. The van der Waals surface area contributed by atoms with E-state index in [4.69, 9.17) is 0 Å². The second-order valence-corrected chi connectivity index (χ2v) is 11.4. The van der Waals surface area contributed by atoms with Crippen LogP contribution in [0.1, 0.15) is 95.0 Å². The van der Waals surface area contributed by atoms with Gasteiger partial charge in [0.1, 0.15) is 0 Å². The highest BCUT2D eigenvalue weighted by molar-refractivity contribution is 5.79. The van der Waals surface area contributed by atoms with Crippen molar-refractivity contribution in [2.45, 2.75) is 90.9 Å². The van der Waals surface area contributed by atoms with E-state index < -0.39 is 0 Å². The molecule has 0 amide bonds. The van der Waals surface area contributed by atoms with E-state index in [0.29, 0.717) is 0 Å². The summed E-state index contributed by atoms with van der Waals surface area (Å²) in [7, 11) is 0. The van der Waals surface area contributed by atoms with Crippen LogP contribution in [0.2, 0.25) is 0 Å². The number of allylic oxidation sites excluding steroid dienone is 2. The molecule has 4 rings (SSSR count). The van der Waals surface area contributed by atoms with Crippen LogP contribution in [-0.4, -0.2) is 0 Å². The monoisotopic (exact) mass is 386 g/mol. The quantitative estimate of drug-likeness (QED) is 0.397. The molecule has 0 N–H and O–H groups in total. The SMILES string of the molecule is CC(C)(C)c1ccc2c(c1)-c1cc(C(C)(C)C)cc(CCCC3C=CCC3)c1C2. The number of benzene rings is 2. The minimum Gasteiger partial charge on any atom is -0.0882 e. The van der Waals surface area contributed by atoms with Gasteiger partial charge in [-0.05, 0) is 94.2 Å². The van der Waals surface area contributed by atoms with Crippen LogP contribution in [0.3, 0.4) is 0 Å². The van der Waals surface area contributed by atoms with Crippen molar-refractivity contribution in [1.29, 1.82) is 0 Å².